The molecule has 1 aromatic rings. The summed E-state index contributed by atoms with van der Waals surface area (Å²) in [6.07, 6.45) is 5.06. The summed E-state index contributed by atoms with van der Waals surface area (Å²) in [7, 11) is 0. The van der Waals surface area contributed by atoms with Crippen molar-refractivity contribution in [3.8, 4) is 0 Å². The summed E-state index contributed by atoms with van der Waals surface area (Å²) < 4.78 is 4.20. The predicted molar refractivity (Wildman–Crippen MR) is 104 cm³/mol. The maximum atomic E-state index is 12.3. The number of halogens is 3. The molecule has 2 aliphatic rings. The lowest BCUT2D eigenvalue weighted by Gasteiger charge is -2.44. The zero-order valence-corrected chi connectivity index (χ0v) is 17.0. The fourth-order valence-corrected chi connectivity index (χ4v) is 4.79. The minimum atomic E-state index is -1.71. The van der Waals surface area contributed by atoms with Crippen molar-refractivity contribution >= 4 is 52.0 Å². The van der Waals surface area contributed by atoms with E-state index in [0.717, 1.165) is 6.42 Å². The Balaban J connectivity index is 1.59. The van der Waals surface area contributed by atoms with Crippen molar-refractivity contribution in [2.75, 3.05) is 19.7 Å². The van der Waals surface area contributed by atoms with Gasteiger partial charge in [-0.1, -0.05) is 47.3 Å². The SMILES string of the molecule is O=C(N[C@H](OC[C@H]1CCCN2CCCC[C@H]12)C(Cl)(Cl)Cl)c1cccs1. The molecule has 0 aromatic carbocycles. The standard InChI is InChI=1S/C17H23Cl3N2O2S/c18-17(19,20)16(21-15(23)14-7-4-10-25-14)24-11-12-5-3-9-22-8-2-1-6-13(12)22/h4,7,10,12-13,16H,1-3,5-6,8-9,11H2,(H,21,23)/t12-,13-,16-/m1/s1. The Kier molecular flexibility index (Phi) is 6.91. The molecule has 25 heavy (non-hydrogen) atoms. The van der Waals surface area contributed by atoms with Gasteiger partial charge in [0, 0.05) is 6.04 Å². The lowest BCUT2D eigenvalue weighted by molar-refractivity contribution is -0.0324. The fourth-order valence-electron chi connectivity index (χ4n) is 3.81. The highest BCUT2D eigenvalue weighted by molar-refractivity contribution is 7.12. The highest BCUT2D eigenvalue weighted by Crippen LogP contribution is 2.34. The van der Waals surface area contributed by atoms with E-state index in [2.05, 4.69) is 10.2 Å². The molecule has 3 atom stereocenters. The molecule has 4 nitrogen and oxygen atoms in total. The van der Waals surface area contributed by atoms with E-state index in [4.69, 9.17) is 39.5 Å². The van der Waals surface area contributed by atoms with E-state index < -0.39 is 10.0 Å². The van der Waals surface area contributed by atoms with Gasteiger partial charge in [0.25, 0.3) is 5.91 Å². The molecule has 1 amide bonds. The van der Waals surface area contributed by atoms with Gasteiger partial charge in [-0.15, -0.1) is 11.3 Å². The highest BCUT2D eigenvalue weighted by atomic mass is 35.6. The first-order valence-electron chi connectivity index (χ1n) is 8.72. The molecule has 140 valence electrons. The number of amides is 1. The maximum absolute atomic E-state index is 12.3. The summed E-state index contributed by atoms with van der Waals surface area (Å²) in [4.78, 5) is 15.4. The number of alkyl halides is 3. The first-order chi connectivity index (χ1) is 11.9. The molecule has 0 bridgehead atoms. The summed E-state index contributed by atoms with van der Waals surface area (Å²) in [5, 5.41) is 4.54. The van der Waals surface area contributed by atoms with Crippen LogP contribution >= 0.6 is 46.1 Å². The van der Waals surface area contributed by atoms with Gasteiger partial charge in [-0.2, -0.15) is 0 Å². The normalized spacial score (nSPS) is 26.0. The Bertz CT molecular complexity index is 563. The molecule has 2 aliphatic heterocycles. The van der Waals surface area contributed by atoms with Crippen molar-refractivity contribution in [1.82, 2.24) is 10.2 Å². The van der Waals surface area contributed by atoms with E-state index in [1.54, 1.807) is 6.07 Å². The molecular weight excluding hydrogens is 403 g/mol. The van der Waals surface area contributed by atoms with Crippen LogP contribution in [0.25, 0.3) is 0 Å². The van der Waals surface area contributed by atoms with Crippen molar-refractivity contribution in [2.45, 2.75) is 48.2 Å². The number of rotatable bonds is 5. The van der Waals surface area contributed by atoms with Crippen molar-refractivity contribution in [2.24, 2.45) is 5.92 Å². The number of hydrogen-bond donors (Lipinski definition) is 1. The van der Waals surface area contributed by atoms with Gasteiger partial charge in [0.1, 0.15) is 0 Å². The molecule has 1 N–H and O–H groups in total. The van der Waals surface area contributed by atoms with Crippen LogP contribution in [0.3, 0.4) is 0 Å². The van der Waals surface area contributed by atoms with Gasteiger partial charge < -0.3 is 15.0 Å². The molecule has 2 saturated heterocycles. The Morgan fingerprint density at radius 3 is 2.84 bits per heavy atom. The van der Waals surface area contributed by atoms with Crippen LogP contribution in [0.5, 0.6) is 0 Å². The van der Waals surface area contributed by atoms with E-state index in [1.807, 2.05) is 11.4 Å². The van der Waals surface area contributed by atoms with Crippen molar-refractivity contribution < 1.29 is 9.53 Å². The number of piperidine rings is 2. The molecule has 3 rings (SSSR count). The zero-order valence-electron chi connectivity index (χ0n) is 13.9. The van der Waals surface area contributed by atoms with Crippen molar-refractivity contribution in [3.05, 3.63) is 22.4 Å². The van der Waals surface area contributed by atoms with Crippen LogP contribution in [-0.4, -0.2) is 46.6 Å². The topological polar surface area (TPSA) is 41.6 Å². The Labute approximate surface area is 167 Å². The molecule has 0 saturated carbocycles. The summed E-state index contributed by atoms with van der Waals surface area (Å²) in [5.74, 6) is 0.136. The van der Waals surface area contributed by atoms with E-state index >= 15 is 0 Å². The molecule has 8 heteroatoms. The third-order valence-electron chi connectivity index (χ3n) is 5.01. The smallest absolute Gasteiger partial charge is 0.263 e. The van der Waals surface area contributed by atoms with Gasteiger partial charge in [0.2, 0.25) is 3.79 Å². The Morgan fingerprint density at radius 2 is 2.12 bits per heavy atom. The largest absolute Gasteiger partial charge is 0.354 e. The van der Waals surface area contributed by atoms with E-state index in [1.165, 1.54) is 50.1 Å². The van der Waals surface area contributed by atoms with Crippen molar-refractivity contribution in [1.29, 1.82) is 0 Å². The molecule has 0 unspecified atom stereocenters. The lowest BCUT2D eigenvalue weighted by atomic mass is 9.84. The van der Waals surface area contributed by atoms with Gasteiger partial charge in [0.05, 0.1) is 11.5 Å². The number of hydrogen-bond acceptors (Lipinski definition) is 4. The molecule has 2 fully saturated rings. The van der Waals surface area contributed by atoms with Crippen LogP contribution in [0.2, 0.25) is 0 Å². The minimum absolute atomic E-state index is 0.283. The quantitative estimate of drug-likeness (QED) is 0.559. The number of thiophene rings is 1. The number of nitrogens with one attached hydrogen (secondary N) is 1. The van der Waals surface area contributed by atoms with Crippen molar-refractivity contribution in [3.63, 3.8) is 0 Å². The second-order valence-electron chi connectivity index (χ2n) is 6.71. The van der Waals surface area contributed by atoms with Gasteiger partial charge in [-0.25, -0.2) is 0 Å². The number of fused-ring (bicyclic) bond motifs is 1. The van der Waals surface area contributed by atoms with E-state index in [0.29, 0.717) is 23.4 Å². The van der Waals surface area contributed by atoms with Crippen LogP contribution in [-0.2, 0) is 4.74 Å². The molecule has 1 aromatic heterocycles. The van der Waals surface area contributed by atoms with Gasteiger partial charge in [-0.05, 0) is 56.1 Å². The van der Waals surface area contributed by atoms with Crippen LogP contribution in [0.15, 0.2) is 17.5 Å². The summed E-state index contributed by atoms with van der Waals surface area (Å²) >= 11 is 19.5. The van der Waals surface area contributed by atoms with Gasteiger partial charge in [0.15, 0.2) is 6.23 Å². The Morgan fingerprint density at radius 1 is 1.32 bits per heavy atom. The third-order valence-corrected chi connectivity index (χ3v) is 6.47. The third kappa shape index (κ3) is 5.24. The first-order valence-corrected chi connectivity index (χ1v) is 10.7. The van der Waals surface area contributed by atoms with E-state index in [9.17, 15) is 4.79 Å². The van der Waals surface area contributed by atoms with Crippen LogP contribution < -0.4 is 5.32 Å². The van der Waals surface area contributed by atoms with Gasteiger partial charge >= 0.3 is 0 Å². The second-order valence-corrected chi connectivity index (χ2v) is 10.0. The molecule has 0 aliphatic carbocycles. The van der Waals surface area contributed by atoms with Crippen LogP contribution in [0, 0.1) is 5.92 Å². The predicted octanol–water partition coefficient (Wildman–Crippen LogP) is 4.46. The molecular formula is C17H23Cl3N2O2S. The zero-order chi connectivity index (χ0) is 17.9. The number of carbonyl (C=O) groups excluding carboxylic acids is 1. The minimum Gasteiger partial charge on any atom is -0.354 e. The lowest BCUT2D eigenvalue weighted by Crippen LogP contribution is -2.51. The van der Waals surface area contributed by atoms with E-state index in [-0.39, 0.29) is 5.91 Å². The highest BCUT2D eigenvalue weighted by Gasteiger charge is 2.38. The second kappa shape index (κ2) is 8.77. The summed E-state index contributed by atoms with van der Waals surface area (Å²) in [6.45, 7) is 2.83. The summed E-state index contributed by atoms with van der Waals surface area (Å²) in [6, 6.07) is 4.09. The molecule has 0 radical (unpaired) electrons. The van der Waals surface area contributed by atoms with Crippen LogP contribution in [0.4, 0.5) is 0 Å². The van der Waals surface area contributed by atoms with Gasteiger partial charge in [-0.3, -0.25) is 4.79 Å². The monoisotopic (exact) mass is 424 g/mol. The first kappa shape index (κ1) is 19.7. The average Bonchev–Trinajstić information content (AvgIpc) is 3.12. The summed E-state index contributed by atoms with van der Waals surface area (Å²) in [5.41, 5.74) is 0. The number of nitrogens with zero attached hydrogens (tertiary/aromatic N) is 1. The molecule has 3 heterocycles. The Hall–Kier alpha value is -0.0400. The van der Waals surface area contributed by atoms with Crippen LogP contribution in [0.1, 0.15) is 41.8 Å². The number of ether oxygens (including phenoxy) is 1. The maximum Gasteiger partial charge on any atom is 0.263 e. The average molecular weight is 426 g/mol. The number of carbonyl (C=O) groups is 1. The molecule has 0 spiro atoms. The fraction of sp³-hybridized carbons (Fsp3) is 0.706.